The summed E-state index contributed by atoms with van der Waals surface area (Å²) in [7, 11) is 0. The predicted octanol–water partition coefficient (Wildman–Crippen LogP) is 4.47. The standard InChI is InChI=1S/C28H29ClFN5O5/c1-17-28(37)39-11-9-35(17)8-2-5-26(36)34-24-13-20-23(14-25(24)40-15-19-4-3-10-38-19)31-16-32-27(20)33-18-6-7-22(30)21(29)12-18/h2,5-7,12-14,16-17,19H,3-4,8-11,15H2,1H3,(H,34,36)(H,31,32,33)/t17-,19-/m0/s1. The highest BCUT2D eigenvalue weighted by Crippen LogP contribution is 2.34. The number of benzene rings is 2. The number of nitrogens with zero attached hydrogens (tertiary/aromatic N) is 3. The van der Waals surface area contributed by atoms with Gasteiger partial charge >= 0.3 is 5.97 Å². The molecule has 1 amide bonds. The number of aromatic nitrogens is 2. The summed E-state index contributed by atoms with van der Waals surface area (Å²) in [4.78, 5) is 35.3. The lowest BCUT2D eigenvalue weighted by atomic mass is 10.1. The Morgan fingerprint density at radius 3 is 2.95 bits per heavy atom. The molecular weight excluding hydrogens is 541 g/mol. The third-order valence-corrected chi connectivity index (χ3v) is 7.04. The zero-order valence-electron chi connectivity index (χ0n) is 21.9. The molecule has 2 atom stereocenters. The molecular formula is C28H29ClFN5O5. The molecule has 0 bridgehead atoms. The first-order chi connectivity index (χ1) is 19.4. The fourth-order valence-electron chi connectivity index (χ4n) is 4.52. The fourth-order valence-corrected chi connectivity index (χ4v) is 4.70. The number of carbonyl (C=O) groups excluding carboxylic acids is 2. The van der Waals surface area contributed by atoms with Crippen LogP contribution in [0.25, 0.3) is 10.9 Å². The average molecular weight is 570 g/mol. The van der Waals surface area contributed by atoms with Gasteiger partial charge in [-0.25, -0.2) is 14.4 Å². The number of fused-ring (bicyclic) bond motifs is 1. The van der Waals surface area contributed by atoms with Gasteiger partial charge in [-0.1, -0.05) is 17.7 Å². The van der Waals surface area contributed by atoms with Crippen molar-refractivity contribution in [2.24, 2.45) is 0 Å². The summed E-state index contributed by atoms with van der Waals surface area (Å²) in [6.45, 7) is 4.15. The second-order valence-electron chi connectivity index (χ2n) is 9.52. The molecule has 40 heavy (non-hydrogen) atoms. The smallest absolute Gasteiger partial charge is 0.323 e. The van der Waals surface area contributed by atoms with E-state index in [-0.39, 0.29) is 29.0 Å². The number of hydrogen-bond acceptors (Lipinski definition) is 9. The molecule has 3 heterocycles. The van der Waals surface area contributed by atoms with Gasteiger partial charge in [0.2, 0.25) is 5.91 Å². The molecule has 2 saturated heterocycles. The van der Waals surface area contributed by atoms with Gasteiger partial charge < -0.3 is 24.8 Å². The topological polar surface area (TPSA) is 115 Å². The molecule has 2 aliphatic rings. The predicted molar refractivity (Wildman–Crippen MR) is 148 cm³/mol. The van der Waals surface area contributed by atoms with Crippen LogP contribution in [-0.2, 0) is 19.1 Å². The van der Waals surface area contributed by atoms with Crippen LogP contribution in [0.15, 0.2) is 48.8 Å². The van der Waals surface area contributed by atoms with Gasteiger partial charge in [0.25, 0.3) is 0 Å². The number of carbonyl (C=O) groups is 2. The van der Waals surface area contributed by atoms with Crippen LogP contribution in [0.4, 0.5) is 21.6 Å². The fraction of sp³-hybridized carbons (Fsp3) is 0.357. The van der Waals surface area contributed by atoms with E-state index in [2.05, 4.69) is 20.6 Å². The highest BCUT2D eigenvalue weighted by atomic mass is 35.5. The second-order valence-corrected chi connectivity index (χ2v) is 9.92. The first-order valence-corrected chi connectivity index (χ1v) is 13.4. The Morgan fingerprint density at radius 1 is 1.27 bits per heavy atom. The van der Waals surface area contributed by atoms with Crippen LogP contribution in [0.5, 0.6) is 5.75 Å². The third-order valence-electron chi connectivity index (χ3n) is 6.75. The van der Waals surface area contributed by atoms with Crippen molar-refractivity contribution in [3.05, 3.63) is 59.7 Å². The Kier molecular flexibility index (Phi) is 8.73. The number of esters is 1. The van der Waals surface area contributed by atoms with E-state index in [0.29, 0.717) is 66.8 Å². The number of morpholine rings is 1. The molecule has 3 aromatic rings. The van der Waals surface area contributed by atoms with Crippen LogP contribution in [0, 0.1) is 5.82 Å². The molecule has 2 aromatic carbocycles. The first kappa shape index (κ1) is 27.8. The lowest BCUT2D eigenvalue weighted by Gasteiger charge is -2.30. The number of anilines is 3. The number of rotatable bonds is 9. The van der Waals surface area contributed by atoms with Gasteiger partial charge in [-0.15, -0.1) is 0 Å². The Balaban J connectivity index is 1.38. The van der Waals surface area contributed by atoms with Gasteiger partial charge in [0.15, 0.2) is 0 Å². The minimum Gasteiger partial charge on any atom is -0.489 e. The van der Waals surface area contributed by atoms with Crippen LogP contribution >= 0.6 is 11.6 Å². The van der Waals surface area contributed by atoms with Crippen LogP contribution in [0.2, 0.25) is 5.02 Å². The van der Waals surface area contributed by atoms with Gasteiger partial charge in [-0.2, -0.15) is 0 Å². The van der Waals surface area contributed by atoms with Crippen molar-refractivity contribution in [1.29, 1.82) is 0 Å². The summed E-state index contributed by atoms with van der Waals surface area (Å²) in [5, 5.41) is 6.60. The van der Waals surface area contributed by atoms with Gasteiger partial charge in [-0.3, -0.25) is 14.5 Å². The summed E-state index contributed by atoms with van der Waals surface area (Å²) < 4.78 is 30.5. The maximum Gasteiger partial charge on any atom is 0.323 e. The maximum atomic E-state index is 13.6. The Morgan fingerprint density at radius 2 is 2.15 bits per heavy atom. The van der Waals surface area contributed by atoms with Crippen molar-refractivity contribution >= 4 is 51.6 Å². The second kappa shape index (κ2) is 12.6. The van der Waals surface area contributed by atoms with Gasteiger partial charge in [0.05, 0.1) is 22.3 Å². The molecule has 0 saturated carbocycles. The number of cyclic esters (lactones) is 1. The van der Waals surface area contributed by atoms with Crippen LogP contribution < -0.4 is 15.4 Å². The molecule has 1 aromatic heterocycles. The lowest BCUT2D eigenvalue weighted by Crippen LogP contribution is -2.47. The van der Waals surface area contributed by atoms with Crippen molar-refractivity contribution in [1.82, 2.24) is 14.9 Å². The highest BCUT2D eigenvalue weighted by Gasteiger charge is 2.26. The first-order valence-electron chi connectivity index (χ1n) is 13.0. The molecule has 2 N–H and O–H groups in total. The van der Waals surface area contributed by atoms with Crippen molar-refractivity contribution in [2.75, 3.05) is 43.5 Å². The van der Waals surface area contributed by atoms with Crippen LogP contribution in [0.1, 0.15) is 19.8 Å². The minimum absolute atomic E-state index is 0.0243. The minimum atomic E-state index is -0.527. The van der Waals surface area contributed by atoms with Crippen molar-refractivity contribution in [3.63, 3.8) is 0 Å². The Labute approximate surface area is 235 Å². The number of ether oxygens (including phenoxy) is 3. The summed E-state index contributed by atoms with van der Waals surface area (Å²) in [6.07, 6.45) is 6.37. The van der Waals surface area contributed by atoms with E-state index in [1.54, 1.807) is 31.2 Å². The largest absolute Gasteiger partial charge is 0.489 e. The van der Waals surface area contributed by atoms with Crippen LogP contribution in [0.3, 0.4) is 0 Å². The highest BCUT2D eigenvalue weighted by molar-refractivity contribution is 6.31. The van der Waals surface area contributed by atoms with Gasteiger partial charge in [0, 0.05) is 42.9 Å². The zero-order chi connectivity index (χ0) is 28.1. The summed E-state index contributed by atoms with van der Waals surface area (Å²) >= 11 is 5.94. The van der Waals surface area contributed by atoms with Crippen molar-refractivity contribution in [3.8, 4) is 5.75 Å². The summed E-state index contributed by atoms with van der Waals surface area (Å²) in [5.74, 6) is -0.296. The van der Waals surface area contributed by atoms with Crippen molar-refractivity contribution < 1.29 is 28.2 Å². The SMILES string of the molecule is C[C@H]1C(=O)OCCN1CC=CC(=O)Nc1cc2c(Nc3ccc(F)c(Cl)c3)ncnc2cc1OC[C@@H]1CCCO1. The molecule has 12 heteroatoms. The number of hydrogen-bond donors (Lipinski definition) is 2. The van der Waals surface area contributed by atoms with E-state index < -0.39 is 5.82 Å². The van der Waals surface area contributed by atoms with E-state index in [4.69, 9.17) is 25.8 Å². The van der Waals surface area contributed by atoms with Crippen LogP contribution in [-0.4, -0.2) is 71.8 Å². The van der Waals surface area contributed by atoms with Crippen molar-refractivity contribution in [2.45, 2.75) is 31.9 Å². The maximum absolute atomic E-state index is 13.6. The normalized spacial score (nSPS) is 19.6. The Bertz CT molecular complexity index is 1430. The average Bonchev–Trinajstić information content (AvgIpc) is 3.46. The van der Waals surface area contributed by atoms with Gasteiger partial charge in [0.1, 0.15) is 43.0 Å². The third kappa shape index (κ3) is 6.67. The summed E-state index contributed by atoms with van der Waals surface area (Å²) in [5.41, 5.74) is 1.53. The zero-order valence-corrected chi connectivity index (χ0v) is 22.6. The molecule has 10 nitrogen and oxygen atoms in total. The number of nitrogens with one attached hydrogen (secondary N) is 2. The summed E-state index contributed by atoms with van der Waals surface area (Å²) in [6, 6.07) is 7.35. The van der Waals surface area contributed by atoms with E-state index >= 15 is 0 Å². The number of amides is 1. The molecule has 5 rings (SSSR count). The molecule has 0 spiro atoms. The van der Waals surface area contributed by atoms with E-state index in [1.807, 2.05) is 4.90 Å². The van der Waals surface area contributed by atoms with E-state index in [0.717, 1.165) is 12.8 Å². The molecule has 0 unspecified atom stereocenters. The molecule has 2 aliphatic heterocycles. The number of halogens is 2. The van der Waals surface area contributed by atoms with E-state index in [9.17, 15) is 14.0 Å². The van der Waals surface area contributed by atoms with E-state index in [1.165, 1.54) is 24.5 Å². The molecule has 0 radical (unpaired) electrons. The monoisotopic (exact) mass is 569 g/mol. The lowest BCUT2D eigenvalue weighted by molar-refractivity contribution is -0.155. The molecule has 210 valence electrons. The quantitative estimate of drug-likeness (QED) is 0.284. The Hall–Kier alpha value is -3.80. The molecule has 2 fully saturated rings. The van der Waals surface area contributed by atoms with Gasteiger partial charge in [-0.05, 0) is 44.0 Å². The molecule has 0 aliphatic carbocycles.